The lowest BCUT2D eigenvalue weighted by Gasteiger charge is -2.07. The van der Waals surface area contributed by atoms with Crippen LogP contribution in [-0.2, 0) is 0 Å². The maximum Gasteiger partial charge on any atom is 0.200 e. The molecule has 0 aliphatic rings. The molecule has 0 saturated heterocycles. The zero-order chi connectivity index (χ0) is 14.5. The van der Waals surface area contributed by atoms with Gasteiger partial charge >= 0.3 is 0 Å². The molecule has 2 aromatic rings. The van der Waals surface area contributed by atoms with Crippen LogP contribution in [-0.4, -0.2) is 19.5 Å². The van der Waals surface area contributed by atoms with Gasteiger partial charge in [0.2, 0.25) is 0 Å². The first kappa shape index (κ1) is 14.3. The number of benzene rings is 2. The summed E-state index contributed by atoms with van der Waals surface area (Å²) in [6, 6.07) is 10.7. The van der Waals surface area contributed by atoms with Crippen molar-refractivity contribution in [3.05, 3.63) is 58.9 Å². The minimum atomic E-state index is -0.582. The monoisotopic (exact) mass is 294 g/mol. The summed E-state index contributed by atoms with van der Waals surface area (Å²) in [6.07, 6.45) is 0. The summed E-state index contributed by atoms with van der Waals surface area (Å²) < 4.78 is 23.6. The Morgan fingerprint density at radius 2 is 2.05 bits per heavy atom. The summed E-state index contributed by atoms with van der Waals surface area (Å²) in [6.45, 7) is -0.188. The minimum Gasteiger partial charge on any atom is -0.494 e. The zero-order valence-corrected chi connectivity index (χ0v) is 11.5. The molecule has 0 aromatic heterocycles. The van der Waals surface area contributed by atoms with Crippen molar-refractivity contribution in [2.75, 3.05) is 13.7 Å². The predicted molar refractivity (Wildman–Crippen MR) is 74.2 cm³/mol. The average molecular weight is 295 g/mol. The van der Waals surface area contributed by atoms with Gasteiger partial charge in [-0.25, -0.2) is 4.39 Å². The van der Waals surface area contributed by atoms with Crippen LogP contribution in [0.15, 0.2) is 42.5 Å². The summed E-state index contributed by atoms with van der Waals surface area (Å²) in [7, 11) is 1.36. The van der Waals surface area contributed by atoms with Crippen LogP contribution in [0.2, 0.25) is 5.02 Å². The Morgan fingerprint density at radius 3 is 2.70 bits per heavy atom. The van der Waals surface area contributed by atoms with E-state index in [2.05, 4.69) is 0 Å². The highest BCUT2D eigenvalue weighted by atomic mass is 35.5. The Bertz CT molecular complexity index is 628. The number of ketones is 1. The number of methoxy groups -OCH3 is 1. The van der Waals surface area contributed by atoms with Crippen LogP contribution in [0.4, 0.5) is 4.39 Å². The third-order valence-corrected chi connectivity index (χ3v) is 2.87. The largest absolute Gasteiger partial charge is 0.494 e. The van der Waals surface area contributed by atoms with Crippen molar-refractivity contribution in [3.63, 3.8) is 0 Å². The lowest BCUT2D eigenvalue weighted by atomic mass is 10.1. The molecule has 2 rings (SSSR count). The van der Waals surface area contributed by atoms with E-state index in [4.69, 9.17) is 21.1 Å². The van der Waals surface area contributed by atoms with Crippen molar-refractivity contribution in [1.82, 2.24) is 0 Å². The van der Waals surface area contributed by atoms with Crippen LogP contribution < -0.4 is 9.47 Å². The molecule has 0 saturated carbocycles. The third kappa shape index (κ3) is 3.48. The summed E-state index contributed by atoms with van der Waals surface area (Å²) in [4.78, 5) is 11.9. The first-order valence-corrected chi connectivity index (χ1v) is 6.23. The number of ether oxygens (including phenoxy) is 2. The fraction of sp³-hybridized carbons (Fsp3) is 0.133. The molecular weight excluding hydrogens is 283 g/mol. The number of carbonyl (C=O) groups excluding carboxylic acids is 1. The minimum absolute atomic E-state index is 0.0947. The molecule has 0 bridgehead atoms. The second-order valence-corrected chi connectivity index (χ2v) is 4.45. The molecule has 0 amide bonds. The fourth-order valence-corrected chi connectivity index (χ4v) is 1.81. The Morgan fingerprint density at radius 1 is 1.25 bits per heavy atom. The number of hydrogen-bond acceptors (Lipinski definition) is 3. The molecule has 20 heavy (non-hydrogen) atoms. The Labute approximate surface area is 120 Å². The normalized spacial score (nSPS) is 10.2. The Balaban J connectivity index is 2.03. The van der Waals surface area contributed by atoms with Crippen LogP contribution in [0.3, 0.4) is 0 Å². The first-order valence-electron chi connectivity index (χ1n) is 5.85. The van der Waals surface area contributed by atoms with Crippen molar-refractivity contribution in [1.29, 1.82) is 0 Å². The number of carbonyl (C=O) groups is 1. The SMILES string of the molecule is COc1ccc(C(=O)COc2cccc(Cl)c2)cc1F. The second kappa shape index (κ2) is 6.39. The van der Waals surface area contributed by atoms with E-state index < -0.39 is 5.82 Å². The van der Waals surface area contributed by atoms with Crippen molar-refractivity contribution in [2.45, 2.75) is 0 Å². The molecule has 0 radical (unpaired) electrons. The number of halogens is 2. The molecule has 0 fully saturated rings. The molecule has 104 valence electrons. The Kier molecular flexibility index (Phi) is 4.58. The molecule has 0 aliphatic carbocycles. The standard InChI is InChI=1S/C15H12ClFO3/c1-19-15-6-5-10(7-13(15)17)14(18)9-20-12-4-2-3-11(16)8-12/h2-8H,9H2,1H3. The van der Waals surface area contributed by atoms with Crippen molar-refractivity contribution < 1.29 is 18.7 Å². The molecule has 3 nitrogen and oxygen atoms in total. The van der Waals surface area contributed by atoms with E-state index in [0.29, 0.717) is 10.8 Å². The molecule has 0 unspecified atom stereocenters. The molecule has 5 heteroatoms. The van der Waals surface area contributed by atoms with E-state index in [1.807, 2.05) is 0 Å². The predicted octanol–water partition coefficient (Wildman–Crippen LogP) is 3.75. The van der Waals surface area contributed by atoms with Gasteiger partial charge in [-0.2, -0.15) is 0 Å². The van der Waals surface area contributed by atoms with Crippen LogP contribution >= 0.6 is 11.6 Å². The van der Waals surface area contributed by atoms with E-state index in [-0.39, 0.29) is 23.7 Å². The van der Waals surface area contributed by atoms with Gasteiger partial charge in [0.25, 0.3) is 0 Å². The van der Waals surface area contributed by atoms with Crippen molar-refractivity contribution in [2.24, 2.45) is 0 Å². The van der Waals surface area contributed by atoms with E-state index in [0.717, 1.165) is 6.07 Å². The fourth-order valence-electron chi connectivity index (χ4n) is 1.63. The van der Waals surface area contributed by atoms with Gasteiger partial charge in [-0.15, -0.1) is 0 Å². The highest BCUT2D eigenvalue weighted by molar-refractivity contribution is 6.30. The Hall–Kier alpha value is -2.07. The topological polar surface area (TPSA) is 35.5 Å². The van der Waals surface area contributed by atoms with Gasteiger partial charge < -0.3 is 9.47 Å². The van der Waals surface area contributed by atoms with E-state index >= 15 is 0 Å². The number of rotatable bonds is 5. The summed E-state index contributed by atoms with van der Waals surface area (Å²) in [5, 5.41) is 0.519. The molecule has 0 aliphatic heterocycles. The van der Waals surface area contributed by atoms with Crippen molar-refractivity contribution in [3.8, 4) is 11.5 Å². The van der Waals surface area contributed by atoms with E-state index in [1.54, 1.807) is 24.3 Å². The summed E-state index contributed by atoms with van der Waals surface area (Å²) >= 11 is 5.80. The van der Waals surface area contributed by atoms with E-state index in [9.17, 15) is 9.18 Å². The average Bonchev–Trinajstić information content (AvgIpc) is 2.44. The van der Waals surface area contributed by atoms with Gasteiger partial charge in [-0.3, -0.25) is 4.79 Å². The van der Waals surface area contributed by atoms with Crippen molar-refractivity contribution >= 4 is 17.4 Å². The lowest BCUT2D eigenvalue weighted by Crippen LogP contribution is -2.12. The maximum absolute atomic E-state index is 13.5. The van der Waals surface area contributed by atoms with Crippen LogP contribution in [0.1, 0.15) is 10.4 Å². The van der Waals surface area contributed by atoms with Gasteiger partial charge in [0.05, 0.1) is 7.11 Å². The molecule has 0 spiro atoms. The summed E-state index contributed by atoms with van der Waals surface area (Å²) in [5.41, 5.74) is 0.227. The van der Waals surface area contributed by atoms with Crippen LogP contribution in [0.5, 0.6) is 11.5 Å². The van der Waals surface area contributed by atoms with Gasteiger partial charge in [0, 0.05) is 10.6 Å². The molecule has 0 N–H and O–H groups in total. The van der Waals surface area contributed by atoms with Crippen LogP contribution in [0.25, 0.3) is 0 Å². The third-order valence-electron chi connectivity index (χ3n) is 2.64. The molecule has 2 aromatic carbocycles. The zero-order valence-electron chi connectivity index (χ0n) is 10.7. The lowest BCUT2D eigenvalue weighted by molar-refractivity contribution is 0.0921. The number of hydrogen-bond donors (Lipinski definition) is 0. The van der Waals surface area contributed by atoms with Gasteiger partial charge in [-0.05, 0) is 36.4 Å². The van der Waals surface area contributed by atoms with Crippen LogP contribution in [0, 0.1) is 5.82 Å². The van der Waals surface area contributed by atoms with E-state index in [1.165, 1.54) is 19.2 Å². The molecular formula is C15H12ClFO3. The molecule has 0 heterocycles. The smallest absolute Gasteiger partial charge is 0.200 e. The maximum atomic E-state index is 13.5. The number of Topliss-reactive ketones (excluding diaryl/α,β-unsaturated/α-hetero) is 1. The second-order valence-electron chi connectivity index (χ2n) is 4.02. The molecule has 0 atom stereocenters. The summed E-state index contributed by atoms with van der Waals surface area (Å²) in [5.74, 6) is -0.329. The highest BCUT2D eigenvalue weighted by Crippen LogP contribution is 2.19. The van der Waals surface area contributed by atoms with Gasteiger partial charge in [0.1, 0.15) is 5.75 Å². The van der Waals surface area contributed by atoms with Gasteiger partial charge in [-0.1, -0.05) is 17.7 Å². The van der Waals surface area contributed by atoms with Gasteiger partial charge in [0.15, 0.2) is 24.0 Å². The first-order chi connectivity index (χ1) is 9.60. The highest BCUT2D eigenvalue weighted by Gasteiger charge is 2.11. The quantitative estimate of drug-likeness (QED) is 0.788.